The van der Waals surface area contributed by atoms with Gasteiger partial charge < -0.3 is 4.90 Å². The first-order valence-electron chi connectivity index (χ1n) is 11.0. The maximum Gasteiger partial charge on any atom is 0.257 e. The molecule has 1 fully saturated rings. The number of carbonyl (C=O) groups is 1. The summed E-state index contributed by atoms with van der Waals surface area (Å²) in [5.74, 6) is 0.702. The van der Waals surface area contributed by atoms with Crippen molar-refractivity contribution in [3.05, 3.63) is 63.6 Å². The summed E-state index contributed by atoms with van der Waals surface area (Å²) in [5.41, 5.74) is 2.80. The molecule has 0 saturated carbocycles. The third kappa shape index (κ3) is 4.93. The number of piperazine rings is 1. The highest BCUT2D eigenvalue weighted by Crippen LogP contribution is 2.27. The average Bonchev–Trinajstić information content (AvgIpc) is 2.80. The van der Waals surface area contributed by atoms with Gasteiger partial charge >= 0.3 is 0 Å². The predicted molar refractivity (Wildman–Crippen MR) is 125 cm³/mol. The van der Waals surface area contributed by atoms with Crippen LogP contribution in [0.5, 0.6) is 0 Å². The number of thioether (sulfide) groups is 1. The summed E-state index contributed by atoms with van der Waals surface area (Å²) in [5, 5.41) is 0.749. The summed E-state index contributed by atoms with van der Waals surface area (Å²) in [6.07, 6.45) is 5.00. The van der Waals surface area contributed by atoms with Crippen LogP contribution in [0.15, 0.2) is 46.4 Å². The summed E-state index contributed by atoms with van der Waals surface area (Å²) < 4.78 is 1.72. The zero-order valence-corrected chi connectivity index (χ0v) is 19.1. The minimum Gasteiger partial charge on any atom is -0.340 e. The van der Waals surface area contributed by atoms with Gasteiger partial charge in [-0.25, -0.2) is 4.98 Å². The first kappa shape index (κ1) is 21.8. The number of carbonyl (C=O) groups excluding carboxylic acids is 1. The predicted octanol–water partition coefficient (Wildman–Crippen LogP) is 2.69. The van der Waals surface area contributed by atoms with E-state index in [1.807, 2.05) is 36.9 Å². The topological polar surface area (TPSA) is 58.4 Å². The van der Waals surface area contributed by atoms with Crippen LogP contribution in [-0.4, -0.2) is 63.7 Å². The van der Waals surface area contributed by atoms with Crippen LogP contribution in [0, 0.1) is 12.8 Å². The number of amides is 1. The second-order valence-electron chi connectivity index (χ2n) is 8.17. The Balaban J connectivity index is 1.32. The standard InChI is InChI=1S/C24H30N4O2S/c1-3-21-18(2)25-24-28(23(21)30)16-20(17-31-24)22(29)27-14-12-26(13-15-27)11-7-10-19-8-5-4-6-9-19/h4-10,20H,3,11-17H2,1-2H3. The van der Waals surface area contributed by atoms with Crippen LogP contribution < -0.4 is 5.56 Å². The molecule has 31 heavy (non-hydrogen) atoms. The number of fused-ring (bicyclic) bond motifs is 1. The lowest BCUT2D eigenvalue weighted by atomic mass is 10.1. The molecule has 2 aliphatic rings. The lowest BCUT2D eigenvalue weighted by molar-refractivity contribution is -0.137. The normalized spacial score (nSPS) is 19.5. The number of benzene rings is 1. The summed E-state index contributed by atoms with van der Waals surface area (Å²) in [6, 6.07) is 10.3. The van der Waals surface area contributed by atoms with E-state index in [0.717, 1.165) is 49.1 Å². The summed E-state index contributed by atoms with van der Waals surface area (Å²) in [4.78, 5) is 34.9. The Morgan fingerprint density at radius 2 is 1.94 bits per heavy atom. The van der Waals surface area contributed by atoms with E-state index in [4.69, 9.17) is 0 Å². The molecular formula is C24H30N4O2S. The molecule has 3 heterocycles. The Morgan fingerprint density at radius 3 is 2.65 bits per heavy atom. The van der Waals surface area contributed by atoms with Gasteiger partial charge in [0.15, 0.2) is 5.16 Å². The molecule has 1 aromatic carbocycles. The van der Waals surface area contributed by atoms with Gasteiger partial charge in [0, 0.05) is 56.3 Å². The molecule has 2 aromatic rings. The molecule has 1 unspecified atom stereocenters. The summed E-state index contributed by atoms with van der Waals surface area (Å²) >= 11 is 1.53. The van der Waals surface area contributed by atoms with Crippen LogP contribution in [-0.2, 0) is 17.8 Å². The highest BCUT2D eigenvalue weighted by Gasteiger charge is 2.32. The molecule has 1 amide bonds. The second kappa shape index (κ2) is 9.83. The van der Waals surface area contributed by atoms with E-state index in [-0.39, 0.29) is 17.4 Å². The van der Waals surface area contributed by atoms with E-state index in [0.29, 0.717) is 18.7 Å². The van der Waals surface area contributed by atoms with Crippen molar-refractivity contribution in [3.63, 3.8) is 0 Å². The highest BCUT2D eigenvalue weighted by molar-refractivity contribution is 7.99. The van der Waals surface area contributed by atoms with E-state index in [1.165, 1.54) is 17.3 Å². The number of rotatable bonds is 5. The van der Waals surface area contributed by atoms with Crippen molar-refractivity contribution in [1.82, 2.24) is 19.4 Å². The van der Waals surface area contributed by atoms with E-state index < -0.39 is 0 Å². The first-order chi connectivity index (χ1) is 15.1. The molecule has 4 rings (SSSR count). The van der Waals surface area contributed by atoms with Crippen LogP contribution in [0.25, 0.3) is 6.08 Å². The van der Waals surface area contributed by atoms with Crippen molar-refractivity contribution in [2.45, 2.75) is 32.0 Å². The molecule has 0 aliphatic carbocycles. The number of nitrogens with zero attached hydrogens (tertiary/aromatic N) is 4. The largest absolute Gasteiger partial charge is 0.340 e. The van der Waals surface area contributed by atoms with Gasteiger partial charge in [-0.05, 0) is 18.9 Å². The van der Waals surface area contributed by atoms with Crippen molar-refractivity contribution in [1.29, 1.82) is 0 Å². The molecule has 1 aromatic heterocycles. The first-order valence-corrected chi connectivity index (χ1v) is 12.0. The molecule has 0 spiro atoms. The summed E-state index contributed by atoms with van der Waals surface area (Å²) in [6.45, 7) is 8.45. The SMILES string of the molecule is CCc1c(C)nc2n(c1=O)CC(C(=O)N1CCN(CC=Cc3ccccc3)CC1)CS2. The fraction of sp³-hybridized carbons (Fsp3) is 0.458. The van der Waals surface area contributed by atoms with Gasteiger partial charge in [-0.3, -0.25) is 19.1 Å². The fourth-order valence-electron chi connectivity index (χ4n) is 4.26. The monoisotopic (exact) mass is 438 g/mol. The van der Waals surface area contributed by atoms with E-state index >= 15 is 0 Å². The van der Waals surface area contributed by atoms with Crippen molar-refractivity contribution in [3.8, 4) is 0 Å². The zero-order valence-electron chi connectivity index (χ0n) is 18.3. The maximum atomic E-state index is 13.1. The minimum atomic E-state index is -0.158. The average molecular weight is 439 g/mol. The maximum absolute atomic E-state index is 13.1. The Labute approximate surface area is 188 Å². The van der Waals surface area contributed by atoms with Crippen LogP contribution in [0.3, 0.4) is 0 Å². The Morgan fingerprint density at radius 1 is 1.19 bits per heavy atom. The van der Waals surface area contributed by atoms with Gasteiger partial charge in [0.2, 0.25) is 5.91 Å². The number of hydrogen-bond donors (Lipinski definition) is 0. The van der Waals surface area contributed by atoms with Crippen LogP contribution >= 0.6 is 11.8 Å². The number of hydrogen-bond acceptors (Lipinski definition) is 5. The van der Waals surface area contributed by atoms with Crippen molar-refractivity contribution in [2.24, 2.45) is 5.92 Å². The van der Waals surface area contributed by atoms with Gasteiger partial charge in [-0.2, -0.15) is 0 Å². The van der Waals surface area contributed by atoms with E-state index in [1.54, 1.807) is 4.57 Å². The van der Waals surface area contributed by atoms with E-state index in [9.17, 15) is 9.59 Å². The van der Waals surface area contributed by atoms with Gasteiger partial charge in [0.25, 0.3) is 5.56 Å². The quantitative estimate of drug-likeness (QED) is 0.672. The smallest absolute Gasteiger partial charge is 0.257 e. The molecule has 1 saturated heterocycles. The van der Waals surface area contributed by atoms with Gasteiger partial charge in [-0.1, -0.05) is 61.2 Å². The van der Waals surface area contributed by atoms with Crippen molar-refractivity contribution >= 4 is 23.7 Å². The Kier molecular flexibility index (Phi) is 6.92. The van der Waals surface area contributed by atoms with Gasteiger partial charge in [0.1, 0.15) is 0 Å². The lowest BCUT2D eigenvalue weighted by Crippen LogP contribution is -2.51. The van der Waals surface area contributed by atoms with E-state index in [2.05, 4.69) is 34.2 Å². The van der Waals surface area contributed by atoms with Crippen LogP contribution in [0.2, 0.25) is 0 Å². The highest BCUT2D eigenvalue weighted by atomic mass is 32.2. The zero-order chi connectivity index (χ0) is 21.8. The van der Waals surface area contributed by atoms with Crippen molar-refractivity contribution in [2.75, 3.05) is 38.5 Å². The number of aromatic nitrogens is 2. The molecule has 6 nitrogen and oxygen atoms in total. The third-order valence-electron chi connectivity index (χ3n) is 6.11. The lowest BCUT2D eigenvalue weighted by Gasteiger charge is -2.37. The molecule has 2 aliphatic heterocycles. The van der Waals surface area contributed by atoms with Crippen LogP contribution in [0.4, 0.5) is 0 Å². The van der Waals surface area contributed by atoms with Crippen molar-refractivity contribution < 1.29 is 4.79 Å². The van der Waals surface area contributed by atoms with Gasteiger partial charge in [-0.15, -0.1) is 0 Å². The molecule has 0 bridgehead atoms. The number of aryl methyl sites for hydroxylation is 1. The Hall–Kier alpha value is -2.38. The molecular weight excluding hydrogens is 408 g/mol. The molecule has 1 atom stereocenters. The second-order valence-corrected chi connectivity index (χ2v) is 9.16. The summed E-state index contributed by atoms with van der Waals surface area (Å²) in [7, 11) is 0. The molecule has 7 heteroatoms. The Bertz CT molecular complexity index is 1010. The van der Waals surface area contributed by atoms with Gasteiger partial charge in [0.05, 0.1) is 5.92 Å². The fourth-order valence-corrected chi connectivity index (χ4v) is 5.38. The molecule has 0 N–H and O–H groups in total. The molecule has 164 valence electrons. The molecule has 0 radical (unpaired) electrons. The minimum absolute atomic E-state index is 0.0185. The third-order valence-corrected chi connectivity index (χ3v) is 7.25. The van der Waals surface area contributed by atoms with Crippen LogP contribution in [0.1, 0.15) is 23.7 Å².